The van der Waals surface area contributed by atoms with Gasteiger partial charge >= 0.3 is 5.97 Å². The maximum Gasteiger partial charge on any atom is 0.336 e. The van der Waals surface area contributed by atoms with Crippen molar-refractivity contribution in [1.29, 1.82) is 0 Å². The minimum Gasteiger partial charge on any atom is -0.490 e. The Hall–Kier alpha value is -2.86. The van der Waals surface area contributed by atoms with Gasteiger partial charge in [-0.1, -0.05) is 29.8 Å². The third kappa shape index (κ3) is 4.57. The molecule has 0 bridgehead atoms. The van der Waals surface area contributed by atoms with Crippen molar-refractivity contribution in [3.05, 3.63) is 69.2 Å². The second-order valence-corrected chi connectivity index (χ2v) is 5.01. The van der Waals surface area contributed by atoms with Gasteiger partial charge in [0.25, 0.3) is 5.69 Å². The summed E-state index contributed by atoms with van der Waals surface area (Å²) in [6.07, 6.45) is 2.59. The van der Waals surface area contributed by atoms with E-state index in [4.69, 9.17) is 21.1 Å². The molecule has 124 valence electrons. The van der Waals surface area contributed by atoms with Crippen LogP contribution in [0.25, 0.3) is 6.08 Å². The summed E-state index contributed by atoms with van der Waals surface area (Å²) in [7, 11) is 0. The number of nitrogens with zero attached hydrogens (tertiary/aromatic N) is 1. The van der Waals surface area contributed by atoms with E-state index in [0.717, 1.165) is 0 Å². The van der Waals surface area contributed by atoms with Crippen LogP contribution in [-0.2, 0) is 4.79 Å². The van der Waals surface area contributed by atoms with Gasteiger partial charge < -0.3 is 9.47 Å². The Labute approximate surface area is 143 Å². The first-order valence-corrected chi connectivity index (χ1v) is 7.44. The van der Waals surface area contributed by atoms with Gasteiger partial charge in [-0.3, -0.25) is 10.1 Å². The second kappa shape index (κ2) is 8.12. The number of nitro groups is 1. The summed E-state index contributed by atoms with van der Waals surface area (Å²) in [6.45, 7) is 2.27. The van der Waals surface area contributed by atoms with Crippen LogP contribution in [0.5, 0.6) is 11.5 Å². The van der Waals surface area contributed by atoms with Crippen molar-refractivity contribution in [2.75, 3.05) is 6.61 Å². The van der Waals surface area contributed by atoms with E-state index in [2.05, 4.69) is 0 Å². The minimum atomic E-state index is -0.625. The van der Waals surface area contributed by atoms with Crippen molar-refractivity contribution in [1.82, 2.24) is 0 Å². The lowest BCUT2D eigenvalue weighted by molar-refractivity contribution is -0.384. The Kier molecular flexibility index (Phi) is 5.92. The van der Waals surface area contributed by atoms with E-state index < -0.39 is 10.9 Å². The molecule has 0 unspecified atom stereocenters. The third-order valence-corrected chi connectivity index (χ3v) is 3.26. The number of rotatable bonds is 6. The molecule has 0 N–H and O–H groups in total. The Morgan fingerprint density at radius 1 is 1.25 bits per heavy atom. The number of hydrogen-bond donors (Lipinski definition) is 0. The predicted octanol–water partition coefficient (Wildman–Crippen LogP) is 4.27. The predicted molar refractivity (Wildman–Crippen MR) is 90.4 cm³/mol. The normalized spacial score (nSPS) is 10.6. The first kappa shape index (κ1) is 17.5. The average molecular weight is 348 g/mol. The van der Waals surface area contributed by atoms with Crippen LogP contribution in [0, 0.1) is 10.1 Å². The molecule has 7 heteroatoms. The molecule has 2 rings (SSSR count). The molecule has 0 radical (unpaired) electrons. The zero-order valence-corrected chi connectivity index (χ0v) is 13.5. The van der Waals surface area contributed by atoms with Gasteiger partial charge in [0, 0.05) is 12.1 Å². The van der Waals surface area contributed by atoms with Crippen LogP contribution in [0.3, 0.4) is 0 Å². The van der Waals surface area contributed by atoms with Crippen LogP contribution in [0.2, 0.25) is 5.02 Å². The molecule has 0 saturated heterocycles. The molecule has 0 fully saturated rings. The molecule has 24 heavy (non-hydrogen) atoms. The highest BCUT2D eigenvalue weighted by Gasteiger charge is 2.12. The van der Waals surface area contributed by atoms with Gasteiger partial charge in [-0.25, -0.2) is 4.79 Å². The van der Waals surface area contributed by atoms with E-state index in [-0.39, 0.29) is 10.7 Å². The molecule has 0 atom stereocenters. The molecule has 0 aliphatic heterocycles. The number of carbonyl (C=O) groups excluding carboxylic acids is 1. The lowest BCUT2D eigenvalue weighted by Gasteiger charge is -2.08. The Bertz CT molecular complexity index is 788. The van der Waals surface area contributed by atoms with E-state index >= 15 is 0 Å². The van der Waals surface area contributed by atoms with Crippen molar-refractivity contribution < 1.29 is 19.2 Å². The summed E-state index contributed by atoms with van der Waals surface area (Å²) < 4.78 is 10.6. The monoisotopic (exact) mass is 347 g/mol. The number of hydrogen-bond acceptors (Lipinski definition) is 5. The summed E-state index contributed by atoms with van der Waals surface area (Å²) >= 11 is 5.74. The standard InChI is InChI=1S/C17H14ClNO5/c1-2-23-15-5-3-4-6-16(15)24-17(20)10-8-12-7-9-13(18)14(11-12)19(21)22/h3-11H,2H2,1H3/b10-8+. The number of benzene rings is 2. The van der Waals surface area contributed by atoms with E-state index in [1.54, 1.807) is 30.3 Å². The molecule has 2 aromatic carbocycles. The topological polar surface area (TPSA) is 78.7 Å². The van der Waals surface area contributed by atoms with Crippen LogP contribution in [0.15, 0.2) is 48.5 Å². The first-order chi connectivity index (χ1) is 11.5. The Balaban J connectivity index is 2.11. The van der Waals surface area contributed by atoms with Gasteiger partial charge in [-0.05, 0) is 36.8 Å². The van der Waals surface area contributed by atoms with Crippen LogP contribution < -0.4 is 9.47 Å². The quantitative estimate of drug-likeness (QED) is 0.256. The second-order valence-electron chi connectivity index (χ2n) is 4.60. The highest BCUT2D eigenvalue weighted by Crippen LogP contribution is 2.27. The lowest BCUT2D eigenvalue weighted by Crippen LogP contribution is -2.05. The molecular weight excluding hydrogens is 334 g/mol. The van der Waals surface area contributed by atoms with Crippen LogP contribution in [0.4, 0.5) is 5.69 Å². The smallest absolute Gasteiger partial charge is 0.336 e. The maximum absolute atomic E-state index is 11.9. The fourth-order valence-electron chi connectivity index (χ4n) is 1.89. The largest absolute Gasteiger partial charge is 0.490 e. The number of esters is 1. The van der Waals surface area contributed by atoms with Gasteiger partial charge in [-0.15, -0.1) is 0 Å². The number of nitro benzene ring substituents is 1. The van der Waals surface area contributed by atoms with Crippen molar-refractivity contribution in [2.24, 2.45) is 0 Å². The van der Waals surface area contributed by atoms with Crippen LogP contribution >= 0.6 is 11.6 Å². The van der Waals surface area contributed by atoms with Gasteiger partial charge in [0.1, 0.15) is 5.02 Å². The molecule has 0 aliphatic carbocycles. The fourth-order valence-corrected chi connectivity index (χ4v) is 2.08. The Morgan fingerprint density at radius 2 is 1.96 bits per heavy atom. The van der Waals surface area contributed by atoms with Gasteiger partial charge in [-0.2, -0.15) is 0 Å². The summed E-state index contributed by atoms with van der Waals surface area (Å²) in [6, 6.07) is 11.0. The molecule has 0 aliphatic rings. The molecule has 6 nitrogen and oxygen atoms in total. The fraction of sp³-hybridized carbons (Fsp3) is 0.118. The zero-order valence-electron chi connectivity index (χ0n) is 12.8. The molecular formula is C17H14ClNO5. The van der Waals surface area contributed by atoms with Crippen LogP contribution in [-0.4, -0.2) is 17.5 Å². The van der Waals surface area contributed by atoms with E-state index in [0.29, 0.717) is 23.7 Å². The van der Waals surface area contributed by atoms with Crippen LogP contribution in [0.1, 0.15) is 12.5 Å². The molecule has 0 amide bonds. The molecule has 0 heterocycles. The van der Waals surface area contributed by atoms with E-state index in [1.807, 2.05) is 6.92 Å². The summed E-state index contributed by atoms with van der Waals surface area (Å²) in [4.78, 5) is 22.2. The highest BCUT2D eigenvalue weighted by molar-refractivity contribution is 6.32. The molecule has 0 aromatic heterocycles. The summed E-state index contributed by atoms with van der Waals surface area (Å²) in [5.41, 5.74) is 0.231. The van der Waals surface area contributed by atoms with E-state index in [9.17, 15) is 14.9 Å². The number of halogens is 1. The highest BCUT2D eigenvalue weighted by atomic mass is 35.5. The SMILES string of the molecule is CCOc1ccccc1OC(=O)/C=C/c1ccc(Cl)c([N+](=O)[O-])c1. The maximum atomic E-state index is 11.9. The number of para-hydroxylation sites is 2. The van der Waals surface area contributed by atoms with Gasteiger partial charge in [0.05, 0.1) is 11.5 Å². The molecule has 0 spiro atoms. The molecule has 2 aromatic rings. The van der Waals surface area contributed by atoms with Gasteiger partial charge in [0.15, 0.2) is 11.5 Å². The minimum absolute atomic E-state index is 0.0327. The molecule has 0 saturated carbocycles. The van der Waals surface area contributed by atoms with Crippen molar-refractivity contribution in [3.63, 3.8) is 0 Å². The number of carbonyl (C=O) groups is 1. The lowest BCUT2D eigenvalue weighted by atomic mass is 10.2. The third-order valence-electron chi connectivity index (χ3n) is 2.94. The summed E-state index contributed by atoms with van der Waals surface area (Å²) in [5.74, 6) is 0.139. The first-order valence-electron chi connectivity index (χ1n) is 7.07. The van der Waals surface area contributed by atoms with Crippen molar-refractivity contribution >= 4 is 29.3 Å². The van der Waals surface area contributed by atoms with Crippen molar-refractivity contribution in [2.45, 2.75) is 6.92 Å². The Morgan fingerprint density at radius 3 is 2.62 bits per heavy atom. The van der Waals surface area contributed by atoms with E-state index in [1.165, 1.54) is 24.3 Å². The zero-order chi connectivity index (χ0) is 17.5. The number of ether oxygens (including phenoxy) is 2. The van der Waals surface area contributed by atoms with Gasteiger partial charge in [0.2, 0.25) is 0 Å². The average Bonchev–Trinajstić information content (AvgIpc) is 2.56. The summed E-state index contributed by atoms with van der Waals surface area (Å²) in [5, 5.41) is 10.9. The van der Waals surface area contributed by atoms with Crippen molar-refractivity contribution in [3.8, 4) is 11.5 Å².